The number of rotatable bonds is 3. The van der Waals surface area contributed by atoms with Crippen LogP contribution in [0, 0.1) is 0 Å². The lowest BCUT2D eigenvalue weighted by atomic mass is 9.96. The van der Waals surface area contributed by atoms with Crippen LogP contribution >= 0.6 is 0 Å². The van der Waals surface area contributed by atoms with Gasteiger partial charge >= 0.3 is 6.18 Å². The Hall–Kier alpha value is -1.91. The topological polar surface area (TPSA) is 25.8 Å². The van der Waals surface area contributed by atoms with Gasteiger partial charge in [-0.25, -0.2) is 0 Å². The maximum Gasteiger partial charge on any atom is 0.418 e. The standard InChI is InChI=1S/C11H17N.C9H10F3N/c1-8(2)10-6-5-7-12-11(10)9(3)4;1-6(2)8-7(9(10,11)12)4-3-5-13-8/h5-9H,1-4H3;3-6H,1-2H3. The minimum atomic E-state index is -4.30. The van der Waals surface area contributed by atoms with Crippen molar-refractivity contribution in [2.45, 2.75) is 65.5 Å². The van der Waals surface area contributed by atoms with E-state index in [1.807, 2.05) is 12.3 Å². The fourth-order valence-electron chi connectivity index (χ4n) is 2.52. The Balaban J connectivity index is 0.000000251. The maximum atomic E-state index is 12.4. The van der Waals surface area contributed by atoms with E-state index in [4.69, 9.17) is 0 Å². The first kappa shape index (κ1) is 21.1. The summed E-state index contributed by atoms with van der Waals surface area (Å²) in [6.07, 6.45) is -1.04. The first-order chi connectivity index (χ1) is 11.6. The summed E-state index contributed by atoms with van der Waals surface area (Å²) in [4.78, 5) is 8.12. The highest BCUT2D eigenvalue weighted by Crippen LogP contribution is 2.33. The van der Waals surface area contributed by atoms with E-state index in [-0.39, 0.29) is 11.6 Å². The van der Waals surface area contributed by atoms with Gasteiger partial charge < -0.3 is 0 Å². The molecule has 0 spiro atoms. The summed E-state index contributed by atoms with van der Waals surface area (Å²) in [5, 5.41) is 0. The van der Waals surface area contributed by atoms with Crippen LogP contribution in [-0.2, 0) is 6.18 Å². The van der Waals surface area contributed by atoms with Crippen LogP contribution in [0.1, 0.15) is 81.8 Å². The zero-order valence-electron chi connectivity index (χ0n) is 15.7. The van der Waals surface area contributed by atoms with Crippen LogP contribution in [0.5, 0.6) is 0 Å². The highest BCUT2D eigenvalue weighted by molar-refractivity contribution is 5.26. The van der Waals surface area contributed by atoms with Gasteiger partial charge in [0.2, 0.25) is 0 Å². The zero-order chi connectivity index (χ0) is 19.2. The molecule has 0 aromatic carbocycles. The van der Waals surface area contributed by atoms with Gasteiger partial charge in [-0.2, -0.15) is 13.2 Å². The van der Waals surface area contributed by atoms with Crippen molar-refractivity contribution >= 4 is 0 Å². The van der Waals surface area contributed by atoms with Crippen LogP contribution in [-0.4, -0.2) is 9.97 Å². The fourth-order valence-corrected chi connectivity index (χ4v) is 2.52. The molecule has 0 amide bonds. The number of hydrogen-bond acceptors (Lipinski definition) is 2. The van der Waals surface area contributed by atoms with E-state index in [2.05, 4.69) is 43.7 Å². The second-order valence-electron chi connectivity index (χ2n) is 6.88. The summed E-state index contributed by atoms with van der Waals surface area (Å²) in [5.74, 6) is 0.900. The van der Waals surface area contributed by atoms with Crippen LogP contribution < -0.4 is 0 Å². The minimum absolute atomic E-state index is 0.106. The molecule has 0 aliphatic carbocycles. The van der Waals surface area contributed by atoms with E-state index in [1.165, 1.54) is 23.5 Å². The molecule has 2 aromatic rings. The predicted molar refractivity (Wildman–Crippen MR) is 95.7 cm³/mol. The molecule has 0 radical (unpaired) electrons. The van der Waals surface area contributed by atoms with Crippen molar-refractivity contribution in [3.8, 4) is 0 Å². The van der Waals surface area contributed by atoms with Crippen LogP contribution in [0.3, 0.4) is 0 Å². The highest BCUT2D eigenvalue weighted by Gasteiger charge is 2.34. The van der Waals surface area contributed by atoms with Crippen LogP contribution in [0.2, 0.25) is 0 Å². The zero-order valence-corrected chi connectivity index (χ0v) is 15.7. The average Bonchev–Trinajstić information content (AvgIpc) is 2.54. The van der Waals surface area contributed by atoms with E-state index in [9.17, 15) is 13.2 Å². The Kier molecular flexibility index (Phi) is 7.59. The second kappa shape index (κ2) is 8.97. The molecule has 25 heavy (non-hydrogen) atoms. The molecule has 0 fully saturated rings. The van der Waals surface area contributed by atoms with Crippen molar-refractivity contribution < 1.29 is 13.2 Å². The van der Waals surface area contributed by atoms with E-state index in [0.29, 0.717) is 11.8 Å². The Morgan fingerprint density at radius 2 is 1.20 bits per heavy atom. The molecule has 2 heterocycles. The molecule has 0 aliphatic rings. The van der Waals surface area contributed by atoms with Gasteiger partial charge in [0.1, 0.15) is 0 Å². The number of hydrogen-bond donors (Lipinski definition) is 0. The van der Waals surface area contributed by atoms with Gasteiger partial charge in [-0.15, -0.1) is 0 Å². The Morgan fingerprint density at radius 1 is 0.720 bits per heavy atom. The maximum absolute atomic E-state index is 12.4. The highest BCUT2D eigenvalue weighted by atomic mass is 19.4. The quantitative estimate of drug-likeness (QED) is 0.626. The van der Waals surface area contributed by atoms with Crippen molar-refractivity contribution in [2.75, 3.05) is 0 Å². The molecule has 2 aromatic heterocycles. The van der Waals surface area contributed by atoms with Gasteiger partial charge in [0.15, 0.2) is 0 Å². The van der Waals surface area contributed by atoms with Gasteiger partial charge in [-0.05, 0) is 41.5 Å². The average molecular weight is 352 g/mol. The van der Waals surface area contributed by atoms with Gasteiger partial charge in [0.25, 0.3) is 0 Å². The summed E-state index contributed by atoms with van der Waals surface area (Å²) < 4.78 is 37.1. The molecule has 0 bridgehead atoms. The number of halogens is 3. The largest absolute Gasteiger partial charge is 0.418 e. The molecule has 5 heteroatoms. The third-order valence-corrected chi connectivity index (χ3v) is 3.73. The molecule has 2 nitrogen and oxygen atoms in total. The number of nitrogens with zero attached hydrogens (tertiary/aromatic N) is 2. The summed E-state index contributed by atoms with van der Waals surface area (Å²) in [6.45, 7) is 12.2. The van der Waals surface area contributed by atoms with Crippen LogP contribution in [0.15, 0.2) is 36.7 Å². The molecule has 0 unspecified atom stereocenters. The van der Waals surface area contributed by atoms with E-state index in [1.54, 1.807) is 13.8 Å². The molecular formula is C20H27F3N2. The minimum Gasteiger partial charge on any atom is -0.261 e. The van der Waals surface area contributed by atoms with Gasteiger partial charge in [0.05, 0.1) is 11.3 Å². The smallest absolute Gasteiger partial charge is 0.261 e. The predicted octanol–water partition coefficient (Wildman–Crippen LogP) is 6.55. The van der Waals surface area contributed by atoms with Crippen molar-refractivity contribution in [2.24, 2.45) is 0 Å². The lowest BCUT2D eigenvalue weighted by molar-refractivity contribution is -0.138. The third-order valence-electron chi connectivity index (χ3n) is 3.73. The van der Waals surface area contributed by atoms with Crippen molar-refractivity contribution in [1.29, 1.82) is 0 Å². The molecule has 0 aliphatic heterocycles. The third kappa shape index (κ3) is 6.15. The lowest BCUT2D eigenvalue weighted by Gasteiger charge is -2.13. The molecular weight excluding hydrogens is 325 g/mol. The molecule has 0 N–H and O–H groups in total. The van der Waals surface area contributed by atoms with Crippen LogP contribution in [0.25, 0.3) is 0 Å². The summed E-state index contributed by atoms with van der Waals surface area (Å²) in [6, 6.07) is 6.55. The summed E-state index contributed by atoms with van der Waals surface area (Å²) >= 11 is 0. The first-order valence-corrected chi connectivity index (χ1v) is 8.52. The number of aromatic nitrogens is 2. The molecule has 0 atom stereocenters. The second-order valence-corrected chi connectivity index (χ2v) is 6.88. The van der Waals surface area contributed by atoms with Crippen molar-refractivity contribution in [3.05, 3.63) is 59.2 Å². The van der Waals surface area contributed by atoms with Gasteiger partial charge in [-0.1, -0.05) is 47.6 Å². The number of alkyl halides is 3. The number of pyridine rings is 2. The van der Waals surface area contributed by atoms with Crippen molar-refractivity contribution in [3.63, 3.8) is 0 Å². The van der Waals surface area contributed by atoms with E-state index >= 15 is 0 Å². The summed E-state index contributed by atoms with van der Waals surface area (Å²) in [5.41, 5.74) is 2.10. The Bertz CT molecular complexity index is 635. The molecule has 138 valence electrons. The molecule has 0 saturated carbocycles. The van der Waals surface area contributed by atoms with E-state index in [0.717, 1.165) is 6.07 Å². The lowest BCUT2D eigenvalue weighted by Crippen LogP contribution is -2.11. The van der Waals surface area contributed by atoms with Crippen LogP contribution in [0.4, 0.5) is 13.2 Å². The van der Waals surface area contributed by atoms with Crippen molar-refractivity contribution in [1.82, 2.24) is 9.97 Å². The molecule has 0 saturated heterocycles. The SMILES string of the molecule is CC(C)c1cccnc1C(C)C.CC(C)c1ncccc1C(F)(F)F. The van der Waals surface area contributed by atoms with Gasteiger partial charge in [0, 0.05) is 18.1 Å². The fraction of sp³-hybridized carbons (Fsp3) is 0.500. The van der Waals surface area contributed by atoms with Gasteiger partial charge in [-0.3, -0.25) is 9.97 Å². The Labute approximate surface area is 148 Å². The Morgan fingerprint density at radius 3 is 1.56 bits per heavy atom. The summed E-state index contributed by atoms with van der Waals surface area (Å²) in [7, 11) is 0. The first-order valence-electron chi connectivity index (χ1n) is 8.52. The normalized spacial score (nSPS) is 11.7. The monoisotopic (exact) mass is 352 g/mol. The molecule has 2 rings (SSSR count). The van der Waals surface area contributed by atoms with E-state index < -0.39 is 11.7 Å².